The molecule has 1 saturated heterocycles. The number of hydrogen-bond acceptors (Lipinski definition) is 3. The first kappa shape index (κ1) is 12.9. The third-order valence-corrected chi connectivity index (χ3v) is 4.42. The third kappa shape index (κ3) is 3.47. The van der Waals surface area contributed by atoms with Gasteiger partial charge in [-0.05, 0) is 42.7 Å². The second-order valence-electron chi connectivity index (χ2n) is 6.83. The van der Waals surface area contributed by atoms with Crippen LogP contribution in [-0.2, 0) is 6.54 Å². The van der Waals surface area contributed by atoms with Gasteiger partial charge in [-0.2, -0.15) is 0 Å². The van der Waals surface area contributed by atoms with Gasteiger partial charge in [0.15, 0.2) is 0 Å². The first-order valence-electron chi connectivity index (χ1n) is 7.56. The number of hydrogen-bond donors (Lipinski definition) is 1. The van der Waals surface area contributed by atoms with Crippen LogP contribution in [0.5, 0.6) is 0 Å². The number of aromatic nitrogens is 1. The van der Waals surface area contributed by atoms with E-state index < -0.39 is 0 Å². The molecule has 3 nitrogen and oxygen atoms in total. The summed E-state index contributed by atoms with van der Waals surface area (Å²) >= 11 is 0. The van der Waals surface area contributed by atoms with Crippen molar-refractivity contribution in [3.05, 3.63) is 23.9 Å². The monoisotopic (exact) mass is 259 g/mol. The lowest BCUT2D eigenvalue weighted by Crippen LogP contribution is -2.37. The fourth-order valence-electron chi connectivity index (χ4n) is 2.60. The molecule has 1 saturated carbocycles. The predicted octanol–water partition coefficient (Wildman–Crippen LogP) is 2.96. The van der Waals surface area contributed by atoms with E-state index in [4.69, 9.17) is 0 Å². The summed E-state index contributed by atoms with van der Waals surface area (Å²) in [6, 6.07) is 5.17. The molecular formula is C16H25N3. The summed E-state index contributed by atoms with van der Waals surface area (Å²) in [6.07, 6.45) is 7.24. The normalized spacial score (nSPS) is 22.5. The van der Waals surface area contributed by atoms with E-state index in [1.165, 1.54) is 31.2 Å². The van der Waals surface area contributed by atoms with Gasteiger partial charge in [0, 0.05) is 31.9 Å². The van der Waals surface area contributed by atoms with Crippen LogP contribution in [-0.4, -0.2) is 24.1 Å². The van der Waals surface area contributed by atoms with Crippen LogP contribution in [0.2, 0.25) is 0 Å². The number of nitrogens with one attached hydrogen (secondary N) is 1. The van der Waals surface area contributed by atoms with Crippen LogP contribution in [0.15, 0.2) is 18.3 Å². The van der Waals surface area contributed by atoms with Crippen molar-refractivity contribution in [2.24, 2.45) is 5.41 Å². The molecule has 0 spiro atoms. The molecule has 1 aliphatic heterocycles. The summed E-state index contributed by atoms with van der Waals surface area (Å²) in [7, 11) is 0. The Kier molecular flexibility index (Phi) is 3.48. The van der Waals surface area contributed by atoms with Gasteiger partial charge >= 0.3 is 0 Å². The molecule has 2 aliphatic rings. The van der Waals surface area contributed by atoms with Crippen LogP contribution in [0.4, 0.5) is 5.82 Å². The first-order chi connectivity index (χ1) is 9.12. The quantitative estimate of drug-likeness (QED) is 0.901. The molecule has 1 aromatic rings. The van der Waals surface area contributed by atoms with E-state index in [1.54, 1.807) is 0 Å². The maximum atomic E-state index is 4.63. The Balaban J connectivity index is 1.56. The fourth-order valence-corrected chi connectivity index (χ4v) is 2.60. The minimum Gasteiger partial charge on any atom is -0.357 e. The number of anilines is 1. The molecule has 19 heavy (non-hydrogen) atoms. The molecule has 3 heteroatoms. The third-order valence-electron chi connectivity index (χ3n) is 4.42. The van der Waals surface area contributed by atoms with Gasteiger partial charge in [0.25, 0.3) is 0 Å². The van der Waals surface area contributed by atoms with Crippen LogP contribution in [0, 0.1) is 5.41 Å². The minimum absolute atomic E-state index is 0.505. The second kappa shape index (κ2) is 5.12. The van der Waals surface area contributed by atoms with Crippen molar-refractivity contribution in [3.8, 4) is 0 Å². The molecule has 0 unspecified atom stereocenters. The average Bonchev–Trinajstić information content (AvgIpc) is 3.21. The number of piperidine rings is 1. The maximum Gasteiger partial charge on any atom is 0.128 e. The van der Waals surface area contributed by atoms with Crippen LogP contribution in [0.1, 0.15) is 45.1 Å². The van der Waals surface area contributed by atoms with E-state index >= 15 is 0 Å². The summed E-state index contributed by atoms with van der Waals surface area (Å²) in [5.41, 5.74) is 1.80. The lowest BCUT2D eigenvalue weighted by atomic mass is 9.83. The van der Waals surface area contributed by atoms with Crippen LogP contribution in [0.25, 0.3) is 0 Å². The minimum atomic E-state index is 0.505. The maximum absolute atomic E-state index is 4.63. The van der Waals surface area contributed by atoms with E-state index in [9.17, 15) is 0 Å². The van der Waals surface area contributed by atoms with Gasteiger partial charge < -0.3 is 10.2 Å². The Morgan fingerprint density at radius 2 is 2.00 bits per heavy atom. The van der Waals surface area contributed by atoms with Gasteiger partial charge in [-0.1, -0.05) is 19.9 Å². The summed E-state index contributed by atoms with van der Waals surface area (Å²) in [4.78, 5) is 7.05. The summed E-state index contributed by atoms with van der Waals surface area (Å²) in [5.74, 6) is 1.14. The molecule has 2 fully saturated rings. The Morgan fingerprint density at radius 3 is 2.58 bits per heavy atom. The van der Waals surface area contributed by atoms with E-state index in [0.717, 1.165) is 31.5 Å². The van der Waals surface area contributed by atoms with Crippen molar-refractivity contribution in [3.63, 3.8) is 0 Å². The largest absolute Gasteiger partial charge is 0.357 e. The number of rotatable bonds is 4. The van der Waals surface area contributed by atoms with E-state index in [1.807, 2.05) is 6.20 Å². The van der Waals surface area contributed by atoms with Gasteiger partial charge in [-0.25, -0.2) is 4.98 Å². The Morgan fingerprint density at radius 1 is 1.26 bits per heavy atom. The SMILES string of the molecule is CC1(C)CCN(c2ccc(CNC3CC3)cn2)CC1. The molecule has 0 amide bonds. The fraction of sp³-hybridized carbons (Fsp3) is 0.688. The Labute approximate surface area is 116 Å². The predicted molar refractivity (Wildman–Crippen MR) is 79.3 cm³/mol. The molecule has 104 valence electrons. The standard InChI is InChI=1S/C16H25N3/c1-16(2)7-9-19(10-8-16)15-6-3-13(12-18-15)11-17-14-4-5-14/h3,6,12,14,17H,4-5,7-11H2,1-2H3. The topological polar surface area (TPSA) is 28.2 Å². The smallest absolute Gasteiger partial charge is 0.128 e. The van der Waals surface area contributed by atoms with Crippen LogP contribution >= 0.6 is 0 Å². The Hall–Kier alpha value is -1.09. The zero-order valence-electron chi connectivity index (χ0n) is 12.2. The van der Waals surface area contributed by atoms with Crippen molar-refractivity contribution < 1.29 is 0 Å². The van der Waals surface area contributed by atoms with Crippen molar-refractivity contribution in [1.29, 1.82) is 0 Å². The Bertz CT molecular complexity index is 410. The van der Waals surface area contributed by atoms with Crippen molar-refractivity contribution >= 4 is 5.82 Å². The van der Waals surface area contributed by atoms with E-state index in [-0.39, 0.29) is 0 Å². The first-order valence-corrected chi connectivity index (χ1v) is 7.56. The molecule has 2 heterocycles. The molecule has 0 radical (unpaired) electrons. The van der Waals surface area contributed by atoms with Crippen molar-refractivity contribution in [2.45, 2.75) is 52.1 Å². The molecule has 0 aromatic carbocycles. The lowest BCUT2D eigenvalue weighted by molar-refractivity contribution is 0.279. The van der Waals surface area contributed by atoms with E-state index in [0.29, 0.717) is 5.41 Å². The molecule has 0 bridgehead atoms. The zero-order valence-corrected chi connectivity index (χ0v) is 12.2. The highest BCUT2D eigenvalue weighted by molar-refractivity contribution is 5.39. The van der Waals surface area contributed by atoms with Crippen LogP contribution in [0.3, 0.4) is 0 Å². The summed E-state index contributed by atoms with van der Waals surface area (Å²) in [5, 5.41) is 3.53. The molecule has 1 aliphatic carbocycles. The van der Waals surface area contributed by atoms with Gasteiger partial charge in [0.1, 0.15) is 5.82 Å². The molecular weight excluding hydrogens is 234 g/mol. The molecule has 0 atom stereocenters. The van der Waals surface area contributed by atoms with Crippen molar-refractivity contribution in [2.75, 3.05) is 18.0 Å². The summed E-state index contributed by atoms with van der Waals surface area (Å²) < 4.78 is 0. The lowest BCUT2D eigenvalue weighted by Gasteiger charge is -2.37. The van der Waals surface area contributed by atoms with Gasteiger partial charge in [0.05, 0.1) is 0 Å². The molecule has 1 N–H and O–H groups in total. The number of nitrogens with zero attached hydrogens (tertiary/aromatic N) is 2. The van der Waals surface area contributed by atoms with Crippen LogP contribution < -0.4 is 10.2 Å². The molecule has 3 rings (SSSR count). The second-order valence-corrected chi connectivity index (χ2v) is 6.83. The van der Waals surface area contributed by atoms with E-state index in [2.05, 4.69) is 41.2 Å². The molecule has 1 aromatic heterocycles. The zero-order chi connectivity index (χ0) is 13.3. The highest BCUT2D eigenvalue weighted by atomic mass is 15.2. The highest BCUT2D eigenvalue weighted by Gasteiger charge is 2.25. The van der Waals surface area contributed by atoms with Gasteiger partial charge in [-0.3, -0.25) is 0 Å². The van der Waals surface area contributed by atoms with Gasteiger partial charge in [-0.15, -0.1) is 0 Å². The van der Waals surface area contributed by atoms with Gasteiger partial charge in [0.2, 0.25) is 0 Å². The average molecular weight is 259 g/mol. The summed E-state index contributed by atoms with van der Waals surface area (Å²) in [6.45, 7) is 7.97. The highest BCUT2D eigenvalue weighted by Crippen LogP contribution is 2.31. The number of pyridine rings is 1. The van der Waals surface area contributed by atoms with Crippen molar-refractivity contribution in [1.82, 2.24) is 10.3 Å².